The zero-order valence-corrected chi connectivity index (χ0v) is 13.6. The number of nitrogens with zero attached hydrogens (tertiary/aromatic N) is 2. The lowest BCUT2D eigenvalue weighted by Crippen LogP contribution is -2.31. The number of para-hydroxylation sites is 1. The molecule has 4 nitrogen and oxygen atoms in total. The lowest BCUT2D eigenvalue weighted by atomic mass is 10.1. The summed E-state index contributed by atoms with van der Waals surface area (Å²) in [6.07, 6.45) is 0.218. The summed E-state index contributed by atoms with van der Waals surface area (Å²) in [7, 11) is 0. The highest BCUT2D eigenvalue weighted by molar-refractivity contribution is 6.31. The zero-order valence-electron chi connectivity index (χ0n) is 12.8. The Kier molecular flexibility index (Phi) is 4.63. The van der Waals surface area contributed by atoms with Crippen LogP contribution in [0, 0.1) is 0 Å². The summed E-state index contributed by atoms with van der Waals surface area (Å²) in [4.78, 5) is 14.4. The number of hydrogen-bond acceptors (Lipinski definition) is 3. The first-order valence-corrected chi connectivity index (χ1v) is 7.91. The number of hydrogen-bond donors (Lipinski definition) is 0. The first-order valence-electron chi connectivity index (χ1n) is 7.53. The van der Waals surface area contributed by atoms with Crippen molar-refractivity contribution in [1.29, 1.82) is 0 Å². The van der Waals surface area contributed by atoms with Crippen molar-refractivity contribution in [2.24, 2.45) is 0 Å². The number of halogens is 1. The van der Waals surface area contributed by atoms with E-state index < -0.39 is 0 Å². The Labute approximate surface area is 139 Å². The van der Waals surface area contributed by atoms with Crippen LogP contribution in [0.3, 0.4) is 0 Å². The SMILES string of the molecule is CCN(Cc1ccccc1Cl)C(=O)Cc1noc2ccccc12. The molecule has 0 bridgehead atoms. The number of aromatic nitrogens is 1. The van der Waals surface area contributed by atoms with Gasteiger partial charge in [0.2, 0.25) is 5.91 Å². The van der Waals surface area contributed by atoms with Crippen molar-refractivity contribution in [2.45, 2.75) is 19.9 Å². The van der Waals surface area contributed by atoms with Crippen LogP contribution in [0.2, 0.25) is 5.02 Å². The molecule has 2 aromatic carbocycles. The molecule has 1 amide bonds. The van der Waals surface area contributed by atoms with Gasteiger partial charge in [-0.15, -0.1) is 0 Å². The van der Waals surface area contributed by atoms with E-state index in [4.69, 9.17) is 16.1 Å². The minimum Gasteiger partial charge on any atom is -0.356 e. The molecule has 0 fully saturated rings. The fourth-order valence-corrected chi connectivity index (χ4v) is 2.72. The van der Waals surface area contributed by atoms with Crippen molar-refractivity contribution in [3.63, 3.8) is 0 Å². The summed E-state index contributed by atoms with van der Waals surface area (Å²) < 4.78 is 5.26. The minimum absolute atomic E-state index is 0.00599. The van der Waals surface area contributed by atoms with Gasteiger partial charge in [-0.3, -0.25) is 4.79 Å². The summed E-state index contributed by atoms with van der Waals surface area (Å²) in [5.74, 6) is 0.00599. The molecule has 0 aliphatic heterocycles. The Hall–Kier alpha value is -2.33. The van der Waals surface area contributed by atoms with Gasteiger partial charge in [0.15, 0.2) is 5.58 Å². The van der Waals surface area contributed by atoms with E-state index in [0.717, 1.165) is 10.9 Å². The normalized spacial score (nSPS) is 10.9. The highest BCUT2D eigenvalue weighted by Crippen LogP contribution is 2.20. The standard InChI is InChI=1S/C18H17ClN2O2/c1-2-21(12-13-7-3-5-9-15(13)19)18(22)11-16-14-8-4-6-10-17(14)23-20-16/h3-10H,2,11-12H2,1H3. The van der Waals surface area contributed by atoms with Gasteiger partial charge >= 0.3 is 0 Å². The van der Waals surface area contributed by atoms with Crippen LogP contribution in [0.1, 0.15) is 18.2 Å². The molecule has 0 saturated carbocycles. The maximum atomic E-state index is 12.6. The fourth-order valence-electron chi connectivity index (χ4n) is 2.53. The number of benzene rings is 2. The van der Waals surface area contributed by atoms with Gasteiger partial charge in [-0.2, -0.15) is 0 Å². The van der Waals surface area contributed by atoms with Crippen LogP contribution in [0.15, 0.2) is 53.1 Å². The third-order valence-corrected chi connectivity index (χ3v) is 4.19. The fraction of sp³-hybridized carbons (Fsp3) is 0.222. The number of rotatable bonds is 5. The number of carbonyl (C=O) groups excluding carboxylic acids is 1. The molecule has 0 N–H and O–H groups in total. The Morgan fingerprint density at radius 1 is 1.17 bits per heavy atom. The molecule has 1 aromatic heterocycles. The number of fused-ring (bicyclic) bond motifs is 1. The molecule has 118 valence electrons. The van der Waals surface area contributed by atoms with Crippen LogP contribution in [0.5, 0.6) is 0 Å². The lowest BCUT2D eigenvalue weighted by Gasteiger charge is -2.21. The van der Waals surface area contributed by atoms with E-state index >= 15 is 0 Å². The predicted octanol–water partition coefficient (Wildman–Crippen LogP) is 4.07. The van der Waals surface area contributed by atoms with E-state index in [9.17, 15) is 4.79 Å². The average Bonchev–Trinajstić information content (AvgIpc) is 2.97. The molecule has 0 saturated heterocycles. The van der Waals surface area contributed by atoms with E-state index in [-0.39, 0.29) is 12.3 Å². The van der Waals surface area contributed by atoms with Crippen LogP contribution >= 0.6 is 11.6 Å². The van der Waals surface area contributed by atoms with E-state index in [1.54, 1.807) is 4.90 Å². The molecule has 5 heteroatoms. The van der Waals surface area contributed by atoms with Crippen molar-refractivity contribution < 1.29 is 9.32 Å². The number of carbonyl (C=O) groups is 1. The molecule has 0 aliphatic rings. The minimum atomic E-state index is 0.00599. The molecule has 0 radical (unpaired) electrons. The molecular weight excluding hydrogens is 312 g/mol. The van der Waals surface area contributed by atoms with Crippen molar-refractivity contribution in [3.8, 4) is 0 Å². The van der Waals surface area contributed by atoms with Gasteiger partial charge in [0.1, 0.15) is 5.69 Å². The first kappa shape index (κ1) is 15.6. The summed E-state index contributed by atoms with van der Waals surface area (Å²) in [5, 5.41) is 5.58. The smallest absolute Gasteiger partial charge is 0.229 e. The molecule has 3 aromatic rings. The van der Waals surface area contributed by atoms with E-state index in [0.29, 0.717) is 29.4 Å². The maximum absolute atomic E-state index is 12.6. The highest BCUT2D eigenvalue weighted by Gasteiger charge is 2.17. The van der Waals surface area contributed by atoms with E-state index in [1.807, 2.05) is 55.5 Å². The van der Waals surface area contributed by atoms with Crippen LogP contribution < -0.4 is 0 Å². The van der Waals surface area contributed by atoms with Gasteiger partial charge in [-0.25, -0.2) is 0 Å². The summed E-state index contributed by atoms with van der Waals surface area (Å²) >= 11 is 6.19. The van der Waals surface area contributed by atoms with Gasteiger partial charge < -0.3 is 9.42 Å². The molecule has 3 rings (SSSR count). The Morgan fingerprint density at radius 2 is 1.91 bits per heavy atom. The number of likely N-dealkylation sites (N-methyl/N-ethyl adjacent to an activating group) is 1. The third-order valence-electron chi connectivity index (χ3n) is 3.82. The maximum Gasteiger partial charge on any atom is 0.229 e. The summed E-state index contributed by atoms with van der Waals surface area (Å²) in [5.41, 5.74) is 2.31. The van der Waals surface area contributed by atoms with Crippen LogP contribution in [-0.2, 0) is 17.8 Å². The molecule has 0 atom stereocenters. The Morgan fingerprint density at radius 3 is 2.70 bits per heavy atom. The van der Waals surface area contributed by atoms with Crippen LogP contribution in [-0.4, -0.2) is 22.5 Å². The largest absolute Gasteiger partial charge is 0.356 e. The topological polar surface area (TPSA) is 46.3 Å². The van der Waals surface area contributed by atoms with Crippen molar-refractivity contribution in [1.82, 2.24) is 10.1 Å². The molecule has 0 unspecified atom stereocenters. The van der Waals surface area contributed by atoms with Crippen LogP contribution in [0.4, 0.5) is 0 Å². The first-order chi connectivity index (χ1) is 11.2. The Balaban J connectivity index is 1.77. The number of amides is 1. The van der Waals surface area contributed by atoms with Gasteiger partial charge in [0.25, 0.3) is 0 Å². The molecule has 0 aliphatic carbocycles. The second kappa shape index (κ2) is 6.84. The molecule has 1 heterocycles. The van der Waals surface area contributed by atoms with Gasteiger partial charge in [-0.1, -0.05) is 47.1 Å². The zero-order chi connectivity index (χ0) is 16.2. The van der Waals surface area contributed by atoms with E-state index in [1.165, 1.54) is 0 Å². The van der Waals surface area contributed by atoms with Gasteiger partial charge in [0.05, 0.1) is 6.42 Å². The summed E-state index contributed by atoms with van der Waals surface area (Å²) in [6.45, 7) is 3.06. The van der Waals surface area contributed by atoms with Crippen molar-refractivity contribution in [2.75, 3.05) is 6.54 Å². The second-order valence-corrected chi connectivity index (χ2v) is 5.71. The van der Waals surface area contributed by atoms with Gasteiger partial charge in [0, 0.05) is 23.5 Å². The summed E-state index contributed by atoms with van der Waals surface area (Å²) in [6, 6.07) is 15.1. The quantitative estimate of drug-likeness (QED) is 0.709. The highest BCUT2D eigenvalue weighted by atomic mass is 35.5. The second-order valence-electron chi connectivity index (χ2n) is 5.30. The Bertz CT molecular complexity index is 829. The molecule has 23 heavy (non-hydrogen) atoms. The lowest BCUT2D eigenvalue weighted by molar-refractivity contribution is -0.130. The van der Waals surface area contributed by atoms with Crippen molar-refractivity contribution in [3.05, 3.63) is 64.8 Å². The van der Waals surface area contributed by atoms with Gasteiger partial charge in [-0.05, 0) is 30.7 Å². The third kappa shape index (κ3) is 3.37. The molecular formula is C18H17ClN2O2. The average molecular weight is 329 g/mol. The predicted molar refractivity (Wildman–Crippen MR) is 90.3 cm³/mol. The van der Waals surface area contributed by atoms with Crippen LogP contribution in [0.25, 0.3) is 11.0 Å². The monoisotopic (exact) mass is 328 g/mol. The van der Waals surface area contributed by atoms with E-state index in [2.05, 4.69) is 5.16 Å². The van der Waals surface area contributed by atoms with Crippen molar-refractivity contribution >= 4 is 28.5 Å². The molecule has 0 spiro atoms.